The minimum Gasteiger partial charge on any atom is -0.464 e. The van der Waals surface area contributed by atoms with Gasteiger partial charge in [0.2, 0.25) is 0 Å². The van der Waals surface area contributed by atoms with Crippen LogP contribution in [-0.4, -0.2) is 34.2 Å². The molecular formula is C18H21N3O3. The molecule has 0 amide bonds. The molecule has 1 aliphatic rings. The van der Waals surface area contributed by atoms with Gasteiger partial charge in [0.1, 0.15) is 5.82 Å². The van der Waals surface area contributed by atoms with E-state index in [4.69, 9.17) is 0 Å². The first-order valence-electron chi connectivity index (χ1n) is 8.05. The summed E-state index contributed by atoms with van der Waals surface area (Å²) in [6, 6.07) is 9.98. The lowest BCUT2D eigenvalue weighted by molar-refractivity contribution is -0.00333. The van der Waals surface area contributed by atoms with Crippen molar-refractivity contribution in [2.24, 2.45) is 0 Å². The number of benzene rings is 1. The van der Waals surface area contributed by atoms with Crippen LogP contribution in [0.3, 0.4) is 0 Å². The van der Waals surface area contributed by atoms with Gasteiger partial charge in [0.25, 0.3) is 0 Å². The summed E-state index contributed by atoms with van der Waals surface area (Å²) < 4.78 is 4.66. The molecule has 6 nitrogen and oxygen atoms in total. The van der Waals surface area contributed by atoms with Gasteiger partial charge in [0.15, 0.2) is 5.69 Å². The molecule has 2 N–H and O–H groups in total. The van der Waals surface area contributed by atoms with E-state index in [2.05, 4.69) is 20.0 Å². The van der Waals surface area contributed by atoms with Crippen LogP contribution in [-0.2, 0) is 10.3 Å². The van der Waals surface area contributed by atoms with Crippen LogP contribution in [0.2, 0.25) is 0 Å². The lowest BCUT2D eigenvalue weighted by Gasteiger charge is -2.36. The van der Waals surface area contributed by atoms with Gasteiger partial charge in [-0.3, -0.25) is 4.98 Å². The number of esters is 1. The van der Waals surface area contributed by atoms with E-state index >= 15 is 0 Å². The highest BCUT2D eigenvalue weighted by atomic mass is 16.5. The Labute approximate surface area is 140 Å². The Kier molecular flexibility index (Phi) is 4.76. The molecule has 0 unspecified atom stereocenters. The Morgan fingerprint density at radius 2 is 1.96 bits per heavy atom. The first kappa shape index (κ1) is 16.4. The van der Waals surface area contributed by atoms with Crippen LogP contribution in [0, 0.1) is 0 Å². The number of ether oxygens (including phenoxy) is 1. The fourth-order valence-electron chi connectivity index (χ4n) is 3.12. The smallest absolute Gasteiger partial charge is 0.358 e. The highest BCUT2D eigenvalue weighted by Gasteiger charge is 2.34. The van der Waals surface area contributed by atoms with Crippen molar-refractivity contribution in [2.75, 3.05) is 12.4 Å². The number of nitrogens with one attached hydrogen (secondary N) is 1. The molecule has 1 aliphatic carbocycles. The molecule has 0 aliphatic heterocycles. The quantitative estimate of drug-likeness (QED) is 0.840. The highest BCUT2D eigenvalue weighted by molar-refractivity contribution is 5.87. The van der Waals surface area contributed by atoms with E-state index in [1.807, 2.05) is 30.3 Å². The summed E-state index contributed by atoms with van der Waals surface area (Å²) in [5.74, 6) is 0.0429. The monoisotopic (exact) mass is 327 g/mol. The molecule has 3 rings (SSSR count). The maximum atomic E-state index is 11.5. The molecule has 24 heavy (non-hydrogen) atoms. The molecule has 1 aromatic carbocycles. The highest BCUT2D eigenvalue weighted by Crippen LogP contribution is 2.37. The number of aliphatic hydroxyl groups is 1. The normalized spacial score (nSPS) is 23.5. The fourth-order valence-corrected chi connectivity index (χ4v) is 3.12. The van der Waals surface area contributed by atoms with Crippen LogP contribution >= 0.6 is 0 Å². The standard InChI is InChI=1S/C18H21N3O3/c1-24-17(22)15-11-19-12-16(21-15)20-14-7-9-18(23,10-8-14)13-5-3-2-4-6-13/h2-6,11-12,14,23H,7-10H2,1H3,(H,20,21). The molecule has 0 radical (unpaired) electrons. The number of carbonyl (C=O) groups excluding carboxylic acids is 1. The van der Waals surface area contributed by atoms with Gasteiger partial charge in [-0.05, 0) is 31.2 Å². The van der Waals surface area contributed by atoms with Crippen molar-refractivity contribution in [3.05, 3.63) is 54.0 Å². The average molecular weight is 327 g/mol. The zero-order chi connectivity index (χ0) is 17.0. The Hall–Kier alpha value is -2.47. The first-order valence-corrected chi connectivity index (χ1v) is 8.05. The molecule has 6 heteroatoms. The molecule has 0 spiro atoms. The van der Waals surface area contributed by atoms with E-state index in [0.717, 1.165) is 18.4 Å². The number of rotatable bonds is 4. The van der Waals surface area contributed by atoms with E-state index in [1.54, 1.807) is 6.20 Å². The van der Waals surface area contributed by atoms with Crippen molar-refractivity contribution in [3.8, 4) is 0 Å². The molecule has 0 atom stereocenters. The number of hydrogen-bond acceptors (Lipinski definition) is 6. The largest absolute Gasteiger partial charge is 0.464 e. The zero-order valence-electron chi connectivity index (χ0n) is 13.6. The third-order valence-electron chi connectivity index (χ3n) is 4.50. The number of carbonyl (C=O) groups is 1. The fraction of sp³-hybridized carbons (Fsp3) is 0.389. The summed E-state index contributed by atoms with van der Waals surface area (Å²) in [7, 11) is 1.32. The van der Waals surface area contributed by atoms with Gasteiger partial charge in [0, 0.05) is 6.04 Å². The Bertz CT molecular complexity index is 698. The number of methoxy groups -OCH3 is 1. The van der Waals surface area contributed by atoms with Crippen molar-refractivity contribution < 1.29 is 14.6 Å². The molecule has 1 saturated carbocycles. The van der Waals surface area contributed by atoms with Gasteiger partial charge < -0.3 is 15.2 Å². The molecule has 0 bridgehead atoms. The predicted octanol–water partition coefficient (Wildman–Crippen LogP) is 2.51. The molecule has 1 heterocycles. The van der Waals surface area contributed by atoms with Crippen molar-refractivity contribution in [2.45, 2.75) is 37.3 Å². The Morgan fingerprint density at radius 1 is 1.25 bits per heavy atom. The maximum Gasteiger partial charge on any atom is 0.358 e. The van der Waals surface area contributed by atoms with Crippen LogP contribution in [0.5, 0.6) is 0 Å². The predicted molar refractivity (Wildman–Crippen MR) is 89.6 cm³/mol. The Morgan fingerprint density at radius 3 is 2.62 bits per heavy atom. The van der Waals surface area contributed by atoms with Crippen LogP contribution < -0.4 is 5.32 Å². The van der Waals surface area contributed by atoms with Gasteiger partial charge in [-0.15, -0.1) is 0 Å². The number of aromatic nitrogens is 2. The van der Waals surface area contributed by atoms with E-state index in [-0.39, 0.29) is 11.7 Å². The van der Waals surface area contributed by atoms with Gasteiger partial charge in [-0.25, -0.2) is 9.78 Å². The van der Waals surface area contributed by atoms with E-state index in [0.29, 0.717) is 18.7 Å². The molecule has 1 aromatic heterocycles. The molecule has 0 saturated heterocycles. The van der Waals surface area contributed by atoms with Crippen molar-refractivity contribution in [3.63, 3.8) is 0 Å². The maximum absolute atomic E-state index is 11.5. The third-order valence-corrected chi connectivity index (χ3v) is 4.50. The summed E-state index contributed by atoms with van der Waals surface area (Å²) in [5.41, 5.74) is 0.383. The minimum atomic E-state index is -0.765. The average Bonchev–Trinajstić information content (AvgIpc) is 2.64. The second kappa shape index (κ2) is 6.97. The summed E-state index contributed by atoms with van der Waals surface area (Å²) in [4.78, 5) is 19.8. The Balaban J connectivity index is 1.63. The van der Waals surface area contributed by atoms with Crippen molar-refractivity contribution in [1.29, 1.82) is 0 Å². The van der Waals surface area contributed by atoms with Crippen molar-refractivity contribution >= 4 is 11.8 Å². The van der Waals surface area contributed by atoms with E-state index in [9.17, 15) is 9.90 Å². The minimum absolute atomic E-state index is 0.180. The summed E-state index contributed by atoms with van der Waals surface area (Å²) in [6.45, 7) is 0. The zero-order valence-corrected chi connectivity index (χ0v) is 13.6. The van der Waals surface area contributed by atoms with Gasteiger partial charge >= 0.3 is 5.97 Å². The summed E-state index contributed by atoms with van der Waals surface area (Å²) in [6.07, 6.45) is 5.96. The van der Waals surface area contributed by atoms with Gasteiger partial charge in [-0.1, -0.05) is 30.3 Å². The van der Waals surface area contributed by atoms with E-state index in [1.165, 1.54) is 13.3 Å². The second-order valence-corrected chi connectivity index (χ2v) is 6.10. The second-order valence-electron chi connectivity index (χ2n) is 6.10. The van der Waals surface area contributed by atoms with Gasteiger partial charge in [-0.2, -0.15) is 0 Å². The molecule has 126 valence electrons. The summed E-state index contributed by atoms with van der Waals surface area (Å²) >= 11 is 0. The van der Waals surface area contributed by atoms with Crippen LogP contribution in [0.1, 0.15) is 41.7 Å². The summed E-state index contributed by atoms with van der Waals surface area (Å²) in [5, 5.41) is 14.2. The number of anilines is 1. The first-order chi connectivity index (χ1) is 11.6. The topological polar surface area (TPSA) is 84.3 Å². The lowest BCUT2D eigenvalue weighted by Crippen LogP contribution is -2.36. The number of hydrogen-bond donors (Lipinski definition) is 2. The van der Waals surface area contributed by atoms with Crippen LogP contribution in [0.25, 0.3) is 0 Å². The SMILES string of the molecule is COC(=O)c1cncc(NC2CCC(O)(c3ccccc3)CC2)n1. The molecular weight excluding hydrogens is 306 g/mol. The lowest BCUT2D eigenvalue weighted by atomic mass is 9.78. The number of nitrogens with zero attached hydrogens (tertiary/aromatic N) is 2. The molecule has 2 aromatic rings. The van der Waals surface area contributed by atoms with E-state index < -0.39 is 11.6 Å². The van der Waals surface area contributed by atoms with Crippen molar-refractivity contribution in [1.82, 2.24) is 9.97 Å². The third kappa shape index (κ3) is 3.54. The molecule has 1 fully saturated rings. The van der Waals surface area contributed by atoms with Crippen LogP contribution in [0.4, 0.5) is 5.82 Å². The van der Waals surface area contributed by atoms with Gasteiger partial charge in [0.05, 0.1) is 25.1 Å². The van der Waals surface area contributed by atoms with Crippen LogP contribution in [0.15, 0.2) is 42.7 Å².